The first-order valence-electron chi connectivity index (χ1n) is 4.54. The Morgan fingerprint density at radius 3 is 2.69 bits per heavy atom. The van der Waals surface area contributed by atoms with Crippen molar-refractivity contribution in [1.29, 1.82) is 0 Å². The van der Waals surface area contributed by atoms with Crippen LogP contribution in [0.1, 0.15) is 23.7 Å². The van der Waals surface area contributed by atoms with Crippen molar-refractivity contribution in [3.05, 3.63) is 35.9 Å². The van der Waals surface area contributed by atoms with Gasteiger partial charge in [-0.25, -0.2) is 0 Å². The largest absolute Gasteiger partial charge is 0.349 e. The summed E-state index contributed by atoms with van der Waals surface area (Å²) >= 11 is 0. The second-order valence-electron chi connectivity index (χ2n) is 3.58. The maximum Gasteiger partial charge on any atom is 0.251 e. The number of carbonyl (C=O) groups excluding carboxylic acids is 1. The number of nitrogens with one attached hydrogen (secondary N) is 1. The van der Waals surface area contributed by atoms with Crippen LogP contribution >= 0.6 is 0 Å². The number of carbonyl (C=O) groups is 1. The van der Waals surface area contributed by atoms with Crippen LogP contribution < -0.4 is 5.32 Å². The van der Waals surface area contributed by atoms with Crippen LogP contribution in [-0.4, -0.2) is 11.9 Å². The maximum atomic E-state index is 11.5. The molecule has 0 bridgehead atoms. The zero-order valence-electron chi connectivity index (χ0n) is 7.58. The molecule has 2 nitrogen and oxygen atoms in total. The highest BCUT2D eigenvalue weighted by Crippen LogP contribution is 2.29. The lowest BCUT2D eigenvalue weighted by Gasteiger charge is -2.02. The number of amides is 1. The monoisotopic (exact) mass is 174 g/mol. The Labute approximate surface area is 78.0 Å². The standard InChI is InChI=1S/C11H12NO/c1-8-7-10(8)12-11(13)9-5-3-2-4-6-9/h3-6,8,10H,7H2,1H3,(H,12,13). The third-order valence-corrected chi connectivity index (χ3v) is 2.41. The predicted octanol–water partition coefficient (Wildman–Crippen LogP) is 1.62. The molecule has 0 spiro atoms. The second kappa shape index (κ2) is 3.21. The first kappa shape index (κ1) is 8.30. The molecular formula is C11H12NO. The number of rotatable bonds is 2. The lowest BCUT2D eigenvalue weighted by atomic mass is 10.2. The summed E-state index contributed by atoms with van der Waals surface area (Å²) in [5.74, 6) is 0.683. The Balaban J connectivity index is 1.98. The van der Waals surface area contributed by atoms with Crippen molar-refractivity contribution in [2.24, 2.45) is 5.92 Å². The molecule has 1 aliphatic rings. The van der Waals surface area contributed by atoms with Gasteiger partial charge >= 0.3 is 0 Å². The maximum absolute atomic E-state index is 11.5. The summed E-state index contributed by atoms with van der Waals surface area (Å²) in [7, 11) is 0. The fourth-order valence-corrected chi connectivity index (χ4v) is 1.31. The Morgan fingerprint density at radius 2 is 2.15 bits per heavy atom. The molecule has 2 rings (SSSR count). The molecule has 1 radical (unpaired) electrons. The minimum atomic E-state index is 0.0309. The molecule has 1 fully saturated rings. The van der Waals surface area contributed by atoms with Gasteiger partial charge in [-0.1, -0.05) is 19.1 Å². The van der Waals surface area contributed by atoms with Gasteiger partial charge in [0.15, 0.2) is 0 Å². The lowest BCUT2D eigenvalue weighted by Crippen LogP contribution is -2.26. The van der Waals surface area contributed by atoms with E-state index in [0.29, 0.717) is 12.0 Å². The van der Waals surface area contributed by atoms with E-state index in [1.54, 1.807) is 24.3 Å². The van der Waals surface area contributed by atoms with Crippen LogP contribution in [0.15, 0.2) is 24.3 Å². The molecule has 1 aromatic rings. The van der Waals surface area contributed by atoms with Gasteiger partial charge in [-0.2, -0.15) is 0 Å². The van der Waals surface area contributed by atoms with Crippen LogP contribution in [0.25, 0.3) is 0 Å². The zero-order valence-corrected chi connectivity index (χ0v) is 7.58. The van der Waals surface area contributed by atoms with Gasteiger partial charge in [0.1, 0.15) is 0 Å². The predicted molar refractivity (Wildman–Crippen MR) is 50.3 cm³/mol. The highest BCUT2D eigenvalue weighted by molar-refractivity contribution is 5.94. The van der Waals surface area contributed by atoms with Crippen molar-refractivity contribution in [3.63, 3.8) is 0 Å². The molecule has 13 heavy (non-hydrogen) atoms. The van der Waals surface area contributed by atoms with Gasteiger partial charge in [-0.3, -0.25) is 4.79 Å². The highest BCUT2D eigenvalue weighted by Gasteiger charge is 2.33. The molecule has 2 heteroatoms. The van der Waals surface area contributed by atoms with E-state index in [-0.39, 0.29) is 5.91 Å². The van der Waals surface area contributed by atoms with Crippen molar-refractivity contribution >= 4 is 5.91 Å². The SMILES string of the molecule is CC1CC1NC(=O)c1cc[c]cc1. The molecular weight excluding hydrogens is 162 g/mol. The van der Waals surface area contributed by atoms with E-state index in [1.165, 1.54) is 0 Å². The van der Waals surface area contributed by atoms with Crippen molar-refractivity contribution in [3.8, 4) is 0 Å². The van der Waals surface area contributed by atoms with Gasteiger partial charge in [0.2, 0.25) is 0 Å². The first-order valence-corrected chi connectivity index (χ1v) is 4.54. The third-order valence-electron chi connectivity index (χ3n) is 2.41. The molecule has 2 unspecified atom stereocenters. The number of hydrogen-bond acceptors (Lipinski definition) is 1. The summed E-state index contributed by atoms with van der Waals surface area (Å²) in [6, 6.07) is 10.4. The summed E-state index contributed by atoms with van der Waals surface area (Å²) in [6.07, 6.45) is 1.12. The first-order chi connectivity index (χ1) is 6.27. The van der Waals surface area contributed by atoms with E-state index in [4.69, 9.17) is 0 Å². The molecule has 67 valence electrons. The quantitative estimate of drug-likeness (QED) is 0.725. The second-order valence-corrected chi connectivity index (χ2v) is 3.58. The molecule has 1 N–H and O–H groups in total. The average molecular weight is 174 g/mol. The van der Waals surface area contributed by atoms with Crippen LogP contribution in [0, 0.1) is 12.0 Å². The van der Waals surface area contributed by atoms with Crippen molar-refractivity contribution in [2.45, 2.75) is 19.4 Å². The van der Waals surface area contributed by atoms with Gasteiger partial charge in [-0.15, -0.1) is 0 Å². The molecule has 2 atom stereocenters. The minimum Gasteiger partial charge on any atom is -0.349 e. The molecule has 0 aromatic heterocycles. The summed E-state index contributed by atoms with van der Waals surface area (Å²) in [5.41, 5.74) is 0.720. The topological polar surface area (TPSA) is 29.1 Å². The summed E-state index contributed by atoms with van der Waals surface area (Å²) < 4.78 is 0. The fraction of sp³-hybridized carbons (Fsp3) is 0.364. The molecule has 1 amide bonds. The van der Waals surface area contributed by atoms with Gasteiger partial charge < -0.3 is 5.32 Å². The van der Waals surface area contributed by atoms with E-state index in [0.717, 1.165) is 12.0 Å². The fourth-order valence-electron chi connectivity index (χ4n) is 1.31. The van der Waals surface area contributed by atoms with Crippen LogP contribution in [0.4, 0.5) is 0 Å². The van der Waals surface area contributed by atoms with Crippen molar-refractivity contribution in [2.75, 3.05) is 0 Å². The smallest absolute Gasteiger partial charge is 0.251 e. The summed E-state index contributed by atoms with van der Waals surface area (Å²) in [6.45, 7) is 2.14. The Hall–Kier alpha value is -1.31. The van der Waals surface area contributed by atoms with Crippen LogP contribution in [-0.2, 0) is 0 Å². The average Bonchev–Trinajstić information content (AvgIpc) is 2.83. The van der Waals surface area contributed by atoms with Gasteiger partial charge in [0.25, 0.3) is 5.91 Å². The van der Waals surface area contributed by atoms with Crippen LogP contribution in [0.2, 0.25) is 0 Å². The lowest BCUT2D eigenvalue weighted by molar-refractivity contribution is 0.0949. The van der Waals surface area contributed by atoms with E-state index in [9.17, 15) is 4.79 Å². The number of benzene rings is 1. The van der Waals surface area contributed by atoms with Gasteiger partial charge in [-0.05, 0) is 30.5 Å². The molecule has 0 saturated heterocycles. The molecule has 1 aromatic carbocycles. The van der Waals surface area contributed by atoms with Gasteiger partial charge in [0.05, 0.1) is 0 Å². The Morgan fingerprint density at radius 1 is 1.54 bits per heavy atom. The van der Waals surface area contributed by atoms with E-state index in [2.05, 4.69) is 18.3 Å². The van der Waals surface area contributed by atoms with Gasteiger partial charge in [0, 0.05) is 11.6 Å². The van der Waals surface area contributed by atoms with E-state index >= 15 is 0 Å². The zero-order chi connectivity index (χ0) is 9.26. The Kier molecular flexibility index (Phi) is 2.05. The minimum absolute atomic E-state index is 0.0309. The van der Waals surface area contributed by atoms with E-state index < -0.39 is 0 Å². The summed E-state index contributed by atoms with van der Waals surface area (Å²) in [5, 5.41) is 2.97. The molecule has 1 aliphatic carbocycles. The highest BCUT2D eigenvalue weighted by atomic mass is 16.1. The van der Waals surface area contributed by atoms with Crippen molar-refractivity contribution < 1.29 is 4.79 Å². The molecule has 0 aliphatic heterocycles. The molecule has 0 heterocycles. The van der Waals surface area contributed by atoms with E-state index in [1.807, 2.05) is 0 Å². The van der Waals surface area contributed by atoms with Crippen LogP contribution in [0.3, 0.4) is 0 Å². The number of hydrogen-bond donors (Lipinski definition) is 1. The molecule has 1 saturated carbocycles. The van der Waals surface area contributed by atoms with Crippen molar-refractivity contribution in [1.82, 2.24) is 5.32 Å². The third kappa shape index (κ3) is 1.89. The normalized spacial score (nSPS) is 25.3. The van der Waals surface area contributed by atoms with Crippen LogP contribution in [0.5, 0.6) is 0 Å². The Bertz CT molecular complexity index is 307. The summed E-state index contributed by atoms with van der Waals surface area (Å²) in [4.78, 5) is 11.5.